The normalized spacial score (nSPS) is 24.5. The van der Waals surface area contributed by atoms with E-state index in [0.29, 0.717) is 6.04 Å². The maximum Gasteiger partial charge on any atom is 0.297 e. The summed E-state index contributed by atoms with van der Waals surface area (Å²) in [6, 6.07) is 1.36. The summed E-state index contributed by atoms with van der Waals surface area (Å²) in [4.78, 5) is 6.75. The van der Waals surface area contributed by atoms with Gasteiger partial charge in [0.15, 0.2) is 0 Å². The van der Waals surface area contributed by atoms with Crippen molar-refractivity contribution in [1.82, 2.24) is 10.3 Å². The van der Waals surface area contributed by atoms with Gasteiger partial charge in [0.1, 0.15) is 5.76 Å². The number of aromatic nitrogens is 1. The van der Waals surface area contributed by atoms with Crippen molar-refractivity contribution >= 4 is 6.01 Å². The van der Waals surface area contributed by atoms with Crippen LogP contribution in [0.1, 0.15) is 24.3 Å². The van der Waals surface area contributed by atoms with Crippen molar-refractivity contribution in [3.8, 4) is 0 Å². The Morgan fingerprint density at radius 2 is 2.40 bits per heavy atom. The van der Waals surface area contributed by atoms with E-state index in [-0.39, 0.29) is 0 Å². The number of nitrogens with one attached hydrogen (secondary N) is 1. The predicted molar refractivity (Wildman–Crippen MR) is 58.2 cm³/mol. The van der Waals surface area contributed by atoms with Crippen molar-refractivity contribution in [2.24, 2.45) is 0 Å². The van der Waals surface area contributed by atoms with Crippen LogP contribution in [-0.2, 0) is 12.8 Å². The second kappa shape index (κ2) is 3.52. The van der Waals surface area contributed by atoms with Gasteiger partial charge >= 0.3 is 0 Å². The number of oxazole rings is 1. The molecule has 2 aliphatic rings. The van der Waals surface area contributed by atoms with E-state index in [1.807, 2.05) is 0 Å². The number of anilines is 1. The summed E-state index contributed by atoms with van der Waals surface area (Å²) >= 11 is 0. The van der Waals surface area contributed by atoms with Gasteiger partial charge in [0.05, 0.1) is 5.69 Å². The molecule has 0 radical (unpaired) electrons. The Morgan fingerprint density at radius 1 is 1.47 bits per heavy atom. The number of aryl methyl sites for hydroxylation is 2. The fourth-order valence-corrected chi connectivity index (χ4v) is 2.45. The van der Waals surface area contributed by atoms with Crippen LogP contribution in [0.4, 0.5) is 6.01 Å². The molecule has 0 bridgehead atoms. The first-order chi connectivity index (χ1) is 7.34. The van der Waals surface area contributed by atoms with Crippen LogP contribution in [0.25, 0.3) is 0 Å². The Hall–Kier alpha value is -1.03. The molecule has 2 heterocycles. The van der Waals surface area contributed by atoms with Crippen LogP contribution >= 0.6 is 0 Å². The Kier molecular flexibility index (Phi) is 2.16. The van der Waals surface area contributed by atoms with Crippen LogP contribution in [0, 0.1) is 0 Å². The lowest BCUT2D eigenvalue weighted by molar-refractivity contribution is 0.485. The van der Waals surface area contributed by atoms with Gasteiger partial charge in [-0.15, -0.1) is 0 Å². The molecule has 1 fully saturated rings. The molecule has 0 amide bonds. The predicted octanol–water partition coefficient (Wildman–Crippen LogP) is 0.961. The molecule has 3 rings (SSSR count). The molecule has 82 valence electrons. The number of hydrogen-bond donors (Lipinski definition) is 1. The van der Waals surface area contributed by atoms with E-state index < -0.39 is 0 Å². The second-order valence-corrected chi connectivity index (χ2v) is 4.48. The number of fused-ring (bicyclic) bond motifs is 1. The summed E-state index contributed by atoms with van der Waals surface area (Å²) in [6.07, 6.45) is 4.55. The maximum absolute atomic E-state index is 5.79. The largest absolute Gasteiger partial charge is 0.428 e. The minimum absolute atomic E-state index is 0.545. The van der Waals surface area contributed by atoms with E-state index in [2.05, 4.69) is 22.2 Å². The molecule has 1 N–H and O–H groups in total. The van der Waals surface area contributed by atoms with Crippen molar-refractivity contribution in [2.45, 2.75) is 31.7 Å². The van der Waals surface area contributed by atoms with Crippen molar-refractivity contribution in [3.63, 3.8) is 0 Å². The number of rotatable bonds is 2. The first-order valence-corrected chi connectivity index (χ1v) is 5.77. The van der Waals surface area contributed by atoms with Crippen LogP contribution in [0.15, 0.2) is 4.42 Å². The van der Waals surface area contributed by atoms with Gasteiger partial charge in [-0.2, -0.15) is 4.98 Å². The number of nitrogens with zero attached hydrogens (tertiary/aromatic N) is 2. The van der Waals surface area contributed by atoms with E-state index in [9.17, 15) is 0 Å². The summed E-state index contributed by atoms with van der Waals surface area (Å²) in [5.41, 5.74) is 1.18. The minimum Gasteiger partial charge on any atom is -0.428 e. The van der Waals surface area contributed by atoms with Gasteiger partial charge < -0.3 is 14.6 Å². The zero-order valence-corrected chi connectivity index (χ0v) is 9.12. The lowest BCUT2D eigenvalue weighted by Crippen LogP contribution is -2.33. The minimum atomic E-state index is 0.545. The van der Waals surface area contributed by atoms with Gasteiger partial charge in [0, 0.05) is 26.1 Å². The molecule has 4 nitrogen and oxygen atoms in total. The van der Waals surface area contributed by atoms with E-state index in [4.69, 9.17) is 4.42 Å². The Morgan fingerprint density at radius 3 is 3.13 bits per heavy atom. The zero-order valence-electron chi connectivity index (χ0n) is 9.12. The van der Waals surface area contributed by atoms with E-state index in [0.717, 1.165) is 37.7 Å². The van der Waals surface area contributed by atoms with Crippen LogP contribution in [0.2, 0.25) is 0 Å². The van der Waals surface area contributed by atoms with Gasteiger partial charge in [-0.05, 0) is 25.8 Å². The Labute approximate surface area is 89.7 Å². The smallest absolute Gasteiger partial charge is 0.297 e. The first kappa shape index (κ1) is 9.21. The molecule has 1 aromatic rings. The molecular formula is C11H17N3O. The van der Waals surface area contributed by atoms with E-state index >= 15 is 0 Å². The van der Waals surface area contributed by atoms with Gasteiger partial charge in [-0.1, -0.05) is 0 Å². The lowest BCUT2D eigenvalue weighted by atomic mass is 10.2. The number of likely N-dealkylation sites (N-methyl/N-ethyl adjacent to an activating group) is 1. The van der Waals surface area contributed by atoms with E-state index in [1.165, 1.54) is 18.5 Å². The molecule has 0 spiro atoms. The highest BCUT2D eigenvalue weighted by Gasteiger charge is 2.25. The molecule has 1 saturated heterocycles. The summed E-state index contributed by atoms with van der Waals surface area (Å²) in [6.45, 7) is 2.15. The lowest BCUT2D eigenvalue weighted by Gasteiger charge is -2.21. The molecule has 15 heavy (non-hydrogen) atoms. The molecule has 1 unspecified atom stereocenters. The zero-order chi connectivity index (χ0) is 10.3. The average Bonchev–Trinajstić information content (AvgIpc) is 2.92. The van der Waals surface area contributed by atoms with Gasteiger partial charge in [-0.25, -0.2) is 0 Å². The number of hydrogen-bond acceptors (Lipinski definition) is 4. The molecule has 1 aliphatic carbocycles. The van der Waals surface area contributed by atoms with Crippen molar-refractivity contribution < 1.29 is 4.42 Å². The molecule has 1 aromatic heterocycles. The second-order valence-electron chi connectivity index (χ2n) is 4.48. The summed E-state index contributed by atoms with van der Waals surface area (Å²) < 4.78 is 5.79. The van der Waals surface area contributed by atoms with E-state index in [1.54, 1.807) is 0 Å². The Balaban J connectivity index is 1.79. The van der Waals surface area contributed by atoms with Gasteiger partial charge in [0.25, 0.3) is 6.01 Å². The highest BCUT2D eigenvalue weighted by Crippen LogP contribution is 2.27. The summed E-state index contributed by atoms with van der Waals surface area (Å²) in [5.74, 6) is 1.11. The molecule has 4 heteroatoms. The third-order valence-corrected chi connectivity index (χ3v) is 3.47. The highest BCUT2D eigenvalue weighted by atomic mass is 16.4. The molecule has 1 atom stereocenters. The third kappa shape index (κ3) is 1.53. The SMILES string of the molecule is CN(c1nc2c(o1)CCC2)C1CCNC1. The van der Waals surface area contributed by atoms with Crippen molar-refractivity contribution in [2.75, 3.05) is 25.0 Å². The van der Waals surface area contributed by atoms with Gasteiger partial charge in [0.2, 0.25) is 0 Å². The molecule has 1 aliphatic heterocycles. The fourth-order valence-electron chi connectivity index (χ4n) is 2.45. The summed E-state index contributed by atoms with van der Waals surface area (Å²) in [7, 11) is 2.08. The topological polar surface area (TPSA) is 41.3 Å². The van der Waals surface area contributed by atoms with Crippen molar-refractivity contribution in [3.05, 3.63) is 11.5 Å². The molecular weight excluding hydrogens is 190 g/mol. The maximum atomic E-state index is 5.79. The molecule has 0 saturated carbocycles. The standard InChI is InChI=1S/C11H17N3O/c1-14(8-5-6-12-7-8)11-13-9-3-2-4-10(9)15-11/h8,12H,2-7H2,1H3. The highest BCUT2D eigenvalue weighted by molar-refractivity contribution is 5.32. The third-order valence-electron chi connectivity index (χ3n) is 3.47. The fraction of sp³-hybridized carbons (Fsp3) is 0.727. The van der Waals surface area contributed by atoms with Crippen LogP contribution in [0.5, 0.6) is 0 Å². The van der Waals surface area contributed by atoms with Crippen LogP contribution in [-0.4, -0.2) is 31.2 Å². The van der Waals surface area contributed by atoms with Crippen LogP contribution in [0.3, 0.4) is 0 Å². The van der Waals surface area contributed by atoms with Gasteiger partial charge in [-0.3, -0.25) is 0 Å². The monoisotopic (exact) mass is 207 g/mol. The Bertz CT molecular complexity index is 333. The quantitative estimate of drug-likeness (QED) is 0.784. The van der Waals surface area contributed by atoms with Crippen molar-refractivity contribution in [1.29, 1.82) is 0 Å². The summed E-state index contributed by atoms with van der Waals surface area (Å²) in [5, 5.41) is 3.36. The van der Waals surface area contributed by atoms with Crippen LogP contribution < -0.4 is 10.2 Å². The average molecular weight is 207 g/mol. The first-order valence-electron chi connectivity index (χ1n) is 5.77. The molecule has 0 aromatic carbocycles.